The number of nitrogens with zero attached hydrogens (tertiary/aromatic N) is 2. The van der Waals surface area contributed by atoms with Gasteiger partial charge >= 0.3 is 0 Å². The quantitative estimate of drug-likeness (QED) is 0.684. The van der Waals surface area contributed by atoms with Gasteiger partial charge in [-0.1, -0.05) is 18.2 Å². The zero-order valence-electron chi connectivity index (χ0n) is 9.76. The molecule has 3 rings (SSSR count). The Kier molecular flexibility index (Phi) is 2.69. The predicted octanol–water partition coefficient (Wildman–Crippen LogP) is 3.71. The molecule has 3 aromatic rings. The number of thiophene rings is 1. The summed E-state index contributed by atoms with van der Waals surface area (Å²) in [6, 6.07) is 12.6. The summed E-state index contributed by atoms with van der Waals surface area (Å²) in [6.45, 7) is 3.15. The first-order valence-corrected chi connectivity index (χ1v) is 6.73. The molecule has 0 saturated carbocycles. The van der Waals surface area contributed by atoms with E-state index in [2.05, 4.69) is 47.2 Å². The average Bonchev–Trinajstić information content (AvgIpc) is 2.96. The van der Waals surface area contributed by atoms with E-state index in [0.717, 1.165) is 24.3 Å². The number of aromatic nitrogens is 2. The summed E-state index contributed by atoms with van der Waals surface area (Å²) in [4.78, 5) is 6.10. The first kappa shape index (κ1) is 10.5. The van der Waals surface area contributed by atoms with Crippen molar-refractivity contribution in [3.63, 3.8) is 0 Å². The van der Waals surface area contributed by atoms with E-state index < -0.39 is 0 Å². The van der Waals surface area contributed by atoms with Crippen molar-refractivity contribution < 1.29 is 0 Å². The highest BCUT2D eigenvalue weighted by Crippen LogP contribution is 2.20. The Morgan fingerprint density at radius 1 is 1.18 bits per heavy atom. The van der Waals surface area contributed by atoms with Gasteiger partial charge in [0.2, 0.25) is 0 Å². The maximum absolute atomic E-state index is 4.73. The van der Waals surface area contributed by atoms with Gasteiger partial charge in [0.25, 0.3) is 0 Å². The molecule has 0 fully saturated rings. The lowest BCUT2D eigenvalue weighted by atomic mass is 10.3. The second kappa shape index (κ2) is 4.34. The van der Waals surface area contributed by atoms with Crippen LogP contribution in [0.15, 0.2) is 41.8 Å². The Labute approximate surface area is 105 Å². The summed E-state index contributed by atoms with van der Waals surface area (Å²) in [7, 11) is 0. The van der Waals surface area contributed by atoms with E-state index in [1.54, 1.807) is 11.3 Å². The first-order valence-electron chi connectivity index (χ1n) is 5.85. The molecule has 2 aromatic heterocycles. The zero-order chi connectivity index (χ0) is 11.7. The number of aryl methyl sites for hydroxylation is 1. The van der Waals surface area contributed by atoms with E-state index in [0.29, 0.717) is 0 Å². The van der Waals surface area contributed by atoms with Crippen LogP contribution >= 0.6 is 11.3 Å². The predicted molar refractivity (Wildman–Crippen MR) is 72.5 cm³/mol. The topological polar surface area (TPSA) is 17.8 Å². The highest BCUT2D eigenvalue weighted by molar-refractivity contribution is 7.09. The zero-order valence-corrected chi connectivity index (χ0v) is 10.6. The molecule has 2 heterocycles. The highest BCUT2D eigenvalue weighted by atomic mass is 32.1. The van der Waals surface area contributed by atoms with E-state index in [9.17, 15) is 0 Å². The van der Waals surface area contributed by atoms with Crippen molar-refractivity contribution in [3.05, 3.63) is 52.5 Å². The van der Waals surface area contributed by atoms with Gasteiger partial charge < -0.3 is 4.57 Å². The van der Waals surface area contributed by atoms with Gasteiger partial charge in [-0.2, -0.15) is 0 Å². The highest BCUT2D eigenvalue weighted by Gasteiger charge is 2.09. The molecule has 1 aromatic carbocycles. The summed E-state index contributed by atoms with van der Waals surface area (Å²) in [6.07, 6.45) is 0.931. The van der Waals surface area contributed by atoms with Crippen LogP contribution in [-0.4, -0.2) is 9.55 Å². The minimum Gasteiger partial charge on any atom is -0.328 e. The second-order valence-corrected chi connectivity index (χ2v) is 5.05. The largest absolute Gasteiger partial charge is 0.328 e. The SMILES string of the molecule is CCn1c(Cc2cccs2)nc2ccccc21. The minimum atomic E-state index is 0.931. The van der Waals surface area contributed by atoms with Crippen LogP contribution in [0.4, 0.5) is 0 Å². The normalized spacial score (nSPS) is 11.1. The molecule has 0 aliphatic rings. The van der Waals surface area contributed by atoms with E-state index in [1.165, 1.54) is 10.4 Å². The number of hydrogen-bond donors (Lipinski definition) is 0. The van der Waals surface area contributed by atoms with Gasteiger partial charge in [-0.25, -0.2) is 4.98 Å². The molecule has 0 N–H and O–H groups in total. The molecule has 17 heavy (non-hydrogen) atoms. The summed E-state index contributed by atoms with van der Waals surface area (Å²) in [5.41, 5.74) is 2.34. The fourth-order valence-corrected chi connectivity index (χ4v) is 2.88. The molecule has 0 saturated heterocycles. The maximum atomic E-state index is 4.73. The fraction of sp³-hybridized carbons (Fsp3) is 0.214. The lowest BCUT2D eigenvalue weighted by Crippen LogP contribution is -2.01. The van der Waals surface area contributed by atoms with Crippen LogP contribution in [0.25, 0.3) is 11.0 Å². The van der Waals surface area contributed by atoms with Crippen LogP contribution in [0.3, 0.4) is 0 Å². The van der Waals surface area contributed by atoms with Gasteiger partial charge in [0.05, 0.1) is 11.0 Å². The molecule has 0 aliphatic carbocycles. The summed E-state index contributed by atoms with van der Waals surface area (Å²) >= 11 is 1.79. The molecular weight excluding hydrogens is 228 g/mol. The van der Waals surface area contributed by atoms with E-state index in [4.69, 9.17) is 4.98 Å². The van der Waals surface area contributed by atoms with Crippen LogP contribution < -0.4 is 0 Å². The van der Waals surface area contributed by atoms with Gasteiger partial charge in [0.1, 0.15) is 5.82 Å². The van der Waals surface area contributed by atoms with E-state index >= 15 is 0 Å². The lowest BCUT2D eigenvalue weighted by molar-refractivity contribution is 0.736. The van der Waals surface area contributed by atoms with Crippen LogP contribution in [0, 0.1) is 0 Å². The Balaban J connectivity index is 2.09. The number of benzene rings is 1. The molecule has 0 unspecified atom stereocenters. The molecule has 0 aliphatic heterocycles. The third-order valence-electron chi connectivity index (χ3n) is 2.96. The first-order chi connectivity index (χ1) is 8.38. The molecule has 3 heteroatoms. The summed E-state index contributed by atoms with van der Waals surface area (Å²) < 4.78 is 2.30. The van der Waals surface area contributed by atoms with Crippen LogP contribution in [0.5, 0.6) is 0 Å². The van der Waals surface area contributed by atoms with Gasteiger partial charge in [0.15, 0.2) is 0 Å². The summed E-state index contributed by atoms with van der Waals surface area (Å²) in [5.74, 6) is 1.16. The Morgan fingerprint density at radius 2 is 2.06 bits per heavy atom. The Hall–Kier alpha value is -1.61. The van der Waals surface area contributed by atoms with Crippen molar-refractivity contribution in [1.29, 1.82) is 0 Å². The van der Waals surface area contributed by atoms with E-state index in [-0.39, 0.29) is 0 Å². The van der Waals surface area contributed by atoms with Crippen LogP contribution in [0.2, 0.25) is 0 Å². The van der Waals surface area contributed by atoms with Crippen molar-refractivity contribution in [3.8, 4) is 0 Å². The van der Waals surface area contributed by atoms with Gasteiger partial charge in [-0.15, -0.1) is 11.3 Å². The Morgan fingerprint density at radius 3 is 2.82 bits per heavy atom. The molecule has 0 atom stereocenters. The van der Waals surface area contributed by atoms with Gasteiger partial charge in [-0.3, -0.25) is 0 Å². The average molecular weight is 242 g/mol. The monoisotopic (exact) mass is 242 g/mol. The number of imidazole rings is 1. The Bertz CT molecular complexity index is 623. The number of para-hydroxylation sites is 2. The molecule has 0 radical (unpaired) electrons. The molecule has 0 bridgehead atoms. The second-order valence-electron chi connectivity index (χ2n) is 4.02. The van der Waals surface area contributed by atoms with Crippen molar-refractivity contribution in [2.45, 2.75) is 19.9 Å². The van der Waals surface area contributed by atoms with E-state index in [1.807, 2.05) is 6.07 Å². The van der Waals surface area contributed by atoms with Gasteiger partial charge in [0, 0.05) is 17.8 Å². The van der Waals surface area contributed by atoms with Crippen LogP contribution in [0.1, 0.15) is 17.6 Å². The lowest BCUT2D eigenvalue weighted by Gasteiger charge is -2.04. The van der Waals surface area contributed by atoms with Crippen molar-refractivity contribution in [2.75, 3.05) is 0 Å². The molecule has 86 valence electrons. The standard InChI is InChI=1S/C14H14N2S/c1-2-16-13-8-4-3-7-12(13)15-14(16)10-11-6-5-9-17-11/h3-9H,2,10H2,1H3. The fourth-order valence-electron chi connectivity index (χ4n) is 2.18. The number of rotatable bonds is 3. The number of hydrogen-bond acceptors (Lipinski definition) is 2. The number of fused-ring (bicyclic) bond motifs is 1. The van der Waals surface area contributed by atoms with Crippen molar-refractivity contribution >= 4 is 22.4 Å². The minimum absolute atomic E-state index is 0.931. The molecular formula is C14H14N2S. The molecule has 0 amide bonds. The third-order valence-corrected chi connectivity index (χ3v) is 3.84. The van der Waals surface area contributed by atoms with Crippen LogP contribution in [-0.2, 0) is 13.0 Å². The van der Waals surface area contributed by atoms with Gasteiger partial charge in [-0.05, 0) is 30.5 Å². The molecule has 0 spiro atoms. The maximum Gasteiger partial charge on any atom is 0.115 e. The third kappa shape index (κ3) is 1.87. The van der Waals surface area contributed by atoms with Crippen molar-refractivity contribution in [1.82, 2.24) is 9.55 Å². The smallest absolute Gasteiger partial charge is 0.115 e. The molecule has 2 nitrogen and oxygen atoms in total. The summed E-state index contributed by atoms with van der Waals surface area (Å²) in [5, 5.41) is 2.12. The van der Waals surface area contributed by atoms with Crippen molar-refractivity contribution in [2.24, 2.45) is 0 Å².